The first-order valence-corrected chi connectivity index (χ1v) is 8.89. The Morgan fingerprint density at radius 1 is 1.18 bits per heavy atom. The molecule has 0 amide bonds. The first-order chi connectivity index (χ1) is 10.2. The number of benzene rings is 1. The van der Waals surface area contributed by atoms with Gasteiger partial charge >= 0.3 is 0 Å². The van der Waals surface area contributed by atoms with Gasteiger partial charge in [0.1, 0.15) is 5.75 Å². The summed E-state index contributed by atoms with van der Waals surface area (Å²) in [6.45, 7) is 9.64. The van der Waals surface area contributed by atoms with Crippen LogP contribution in [-0.2, 0) is 20.2 Å². The number of rotatable bonds is 3. The number of ether oxygens (including phenoxy) is 2. The van der Waals surface area contributed by atoms with Crippen LogP contribution in [0.3, 0.4) is 0 Å². The summed E-state index contributed by atoms with van der Waals surface area (Å²) in [7, 11) is -1.89. The highest BCUT2D eigenvalue weighted by molar-refractivity contribution is 7.89. The van der Waals surface area contributed by atoms with Gasteiger partial charge in [0.05, 0.1) is 25.2 Å². The monoisotopic (exact) mass is 327 g/mol. The Bertz CT molecular complexity index is 641. The zero-order valence-electron chi connectivity index (χ0n) is 14.0. The molecule has 1 aromatic rings. The Morgan fingerprint density at radius 2 is 1.77 bits per heavy atom. The predicted octanol–water partition coefficient (Wildman–Crippen LogP) is 2.32. The lowest BCUT2D eigenvalue weighted by atomic mass is 9.86. The van der Waals surface area contributed by atoms with E-state index in [2.05, 4.69) is 0 Å². The van der Waals surface area contributed by atoms with Gasteiger partial charge in [-0.25, -0.2) is 8.42 Å². The summed E-state index contributed by atoms with van der Waals surface area (Å²) in [5.74, 6) is 0.728. The second kappa shape index (κ2) is 6.18. The molecule has 1 aliphatic rings. The molecule has 5 nitrogen and oxygen atoms in total. The standard InChI is InChI=1S/C16H25NO4S/c1-12-10-14(20-5)13(16(2,3)4)11-15(12)22(18,19)17-6-8-21-9-7-17/h10-11H,6-9H2,1-5H3. The van der Waals surface area contributed by atoms with E-state index in [0.717, 1.165) is 11.3 Å². The first-order valence-electron chi connectivity index (χ1n) is 7.45. The zero-order chi connectivity index (χ0) is 16.5. The molecule has 2 rings (SSSR count). The molecule has 0 saturated carbocycles. The average molecular weight is 327 g/mol. The number of morpholine rings is 1. The second-order valence-corrected chi connectivity index (χ2v) is 8.49. The molecule has 1 aliphatic heterocycles. The largest absolute Gasteiger partial charge is 0.496 e. The molecule has 0 unspecified atom stereocenters. The highest BCUT2D eigenvalue weighted by atomic mass is 32.2. The van der Waals surface area contributed by atoms with Crippen molar-refractivity contribution in [1.82, 2.24) is 4.31 Å². The van der Waals surface area contributed by atoms with Gasteiger partial charge in [-0.1, -0.05) is 20.8 Å². The molecule has 124 valence electrons. The van der Waals surface area contributed by atoms with Crippen molar-refractivity contribution in [3.63, 3.8) is 0 Å². The molecule has 0 N–H and O–H groups in total. The molecular formula is C16H25NO4S. The maximum absolute atomic E-state index is 12.9. The lowest BCUT2D eigenvalue weighted by Gasteiger charge is -2.28. The maximum atomic E-state index is 12.9. The third kappa shape index (κ3) is 3.29. The second-order valence-electron chi connectivity index (χ2n) is 6.58. The van der Waals surface area contributed by atoms with Crippen LogP contribution in [0.2, 0.25) is 0 Å². The smallest absolute Gasteiger partial charge is 0.243 e. The average Bonchev–Trinajstić information content (AvgIpc) is 2.46. The molecular weight excluding hydrogens is 302 g/mol. The molecule has 0 aromatic heterocycles. The number of nitrogens with zero attached hydrogens (tertiary/aromatic N) is 1. The Morgan fingerprint density at radius 3 is 2.27 bits per heavy atom. The van der Waals surface area contributed by atoms with Crippen molar-refractivity contribution < 1.29 is 17.9 Å². The quantitative estimate of drug-likeness (QED) is 0.855. The Balaban J connectivity index is 2.55. The molecule has 6 heteroatoms. The van der Waals surface area contributed by atoms with Crippen molar-refractivity contribution in [2.75, 3.05) is 33.4 Å². The van der Waals surface area contributed by atoms with Crippen molar-refractivity contribution in [2.45, 2.75) is 38.0 Å². The topological polar surface area (TPSA) is 55.8 Å². The molecule has 0 aliphatic carbocycles. The zero-order valence-corrected chi connectivity index (χ0v) is 14.8. The van der Waals surface area contributed by atoms with Crippen LogP contribution in [-0.4, -0.2) is 46.1 Å². The highest BCUT2D eigenvalue weighted by Gasteiger charge is 2.30. The normalized spacial score (nSPS) is 17.5. The predicted molar refractivity (Wildman–Crippen MR) is 86.0 cm³/mol. The van der Waals surface area contributed by atoms with Crippen LogP contribution in [0.5, 0.6) is 5.75 Å². The van der Waals surface area contributed by atoms with Gasteiger partial charge < -0.3 is 9.47 Å². The molecule has 1 saturated heterocycles. The summed E-state index contributed by atoms with van der Waals surface area (Å²) in [6.07, 6.45) is 0. The summed E-state index contributed by atoms with van der Waals surface area (Å²) in [5.41, 5.74) is 1.40. The van der Waals surface area contributed by atoms with E-state index in [1.165, 1.54) is 4.31 Å². The number of aryl methyl sites for hydroxylation is 1. The third-order valence-corrected chi connectivity index (χ3v) is 5.93. The molecule has 1 aromatic carbocycles. The van der Waals surface area contributed by atoms with Gasteiger partial charge in [-0.3, -0.25) is 0 Å². The van der Waals surface area contributed by atoms with Crippen LogP contribution in [0, 0.1) is 6.92 Å². The van der Waals surface area contributed by atoms with E-state index in [9.17, 15) is 8.42 Å². The summed E-state index contributed by atoms with van der Waals surface area (Å²) in [6, 6.07) is 3.58. The maximum Gasteiger partial charge on any atom is 0.243 e. The SMILES string of the molecule is COc1cc(C)c(S(=O)(=O)N2CCOCC2)cc1C(C)(C)C. The van der Waals surface area contributed by atoms with Crippen molar-refractivity contribution in [3.05, 3.63) is 23.3 Å². The van der Waals surface area contributed by atoms with Crippen LogP contribution in [0.25, 0.3) is 0 Å². The molecule has 0 radical (unpaired) electrons. The minimum atomic E-state index is -3.50. The van der Waals surface area contributed by atoms with Gasteiger partial charge in [0, 0.05) is 18.7 Å². The third-order valence-electron chi connectivity index (χ3n) is 3.89. The van der Waals surface area contributed by atoms with Gasteiger partial charge in [-0.2, -0.15) is 4.31 Å². The van der Waals surface area contributed by atoms with E-state index in [-0.39, 0.29) is 5.41 Å². The van der Waals surface area contributed by atoms with Crippen molar-refractivity contribution in [2.24, 2.45) is 0 Å². The van der Waals surface area contributed by atoms with E-state index in [1.807, 2.05) is 33.8 Å². The van der Waals surface area contributed by atoms with Crippen LogP contribution >= 0.6 is 0 Å². The van der Waals surface area contributed by atoms with Crippen LogP contribution in [0.4, 0.5) is 0 Å². The number of hydrogen-bond acceptors (Lipinski definition) is 4. The van der Waals surface area contributed by atoms with Crippen LogP contribution in [0.15, 0.2) is 17.0 Å². The van der Waals surface area contributed by atoms with E-state index >= 15 is 0 Å². The van der Waals surface area contributed by atoms with Crippen molar-refractivity contribution in [3.8, 4) is 5.75 Å². The number of hydrogen-bond donors (Lipinski definition) is 0. The van der Waals surface area contributed by atoms with Crippen LogP contribution < -0.4 is 4.74 Å². The van der Waals surface area contributed by atoms with Gasteiger partial charge in [0.15, 0.2) is 0 Å². The Kier molecular flexibility index (Phi) is 4.84. The molecule has 0 spiro atoms. The van der Waals surface area contributed by atoms with Crippen molar-refractivity contribution >= 4 is 10.0 Å². The highest BCUT2D eigenvalue weighted by Crippen LogP contribution is 2.35. The van der Waals surface area contributed by atoms with Gasteiger partial charge in [-0.15, -0.1) is 0 Å². The summed E-state index contributed by atoms with van der Waals surface area (Å²) >= 11 is 0. The Hall–Kier alpha value is -1.11. The molecule has 0 atom stereocenters. The molecule has 22 heavy (non-hydrogen) atoms. The fraction of sp³-hybridized carbons (Fsp3) is 0.625. The van der Waals surface area contributed by atoms with Gasteiger partial charge in [0.25, 0.3) is 0 Å². The minimum Gasteiger partial charge on any atom is -0.496 e. The first kappa shape index (κ1) is 17.2. The van der Waals surface area contributed by atoms with E-state index in [4.69, 9.17) is 9.47 Å². The van der Waals surface area contributed by atoms with Crippen LogP contribution in [0.1, 0.15) is 31.9 Å². The van der Waals surface area contributed by atoms with Crippen molar-refractivity contribution in [1.29, 1.82) is 0 Å². The lowest BCUT2D eigenvalue weighted by Crippen LogP contribution is -2.41. The summed E-state index contributed by atoms with van der Waals surface area (Å²) in [4.78, 5) is 0.361. The molecule has 1 heterocycles. The summed E-state index contributed by atoms with van der Waals surface area (Å²) < 4.78 is 38.0. The number of sulfonamides is 1. The molecule has 0 bridgehead atoms. The number of methoxy groups -OCH3 is 1. The van der Waals surface area contributed by atoms with E-state index < -0.39 is 10.0 Å². The molecule has 1 fully saturated rings. The fourth-order valence-corrected chi connectivity index (χ4v) is 4.26. The van der Waals surface area contributed by atoms with Gasteiger partial charge in [-0.05, 0) is 30.0 Å². The lowest BCUT2D eigenvalue weighted by molar-refractivity contribution is 0.0730. The fourth-order valence-electron chi connectivity index (χ4n) is 2.62. The van der Waals surface area contributed by atoms with Gasteiger partial charge in [0.2, 0.25) is 10.0 Å². The minimum absolute atomic E-state index is 0.200. The van der Waals surface area contributed by atoms with E-state index in [1.54, 1.807) is 13.2 Å². The Labute approximate surface area is 133 Å². The van der Waals surface area contributed by atoms with E-state index in [0.29, 0.717) is 36.8 Å². The summed E-state index contributed by atoms with van der Waals surface area (Å²) in [5, 5.41) is 0.